The van der Waals surface area contributed by atoms with Gasteiger partial charge in [0.25, 0.3) is 11.8 Å². The highest BCUT2D eigenvalue weighted by molar-refractivity contribution is 5.96. The topological polar surface area (TPSA) is 304 Å². The lowest BCUT2D eigenvalue weighted by Crippen LogP contribution is -2.61. The highest BCUT2D eigenvalue weighted by Gasteiger charge is 2.50. The molecule has 24 heteroatoms. The number of benzene rings is 1. The number of carbonyl (C=O) groups is 3. The smallest absolute Gasteiger partial charge is 0.296 e. The first-order valence-electron chi connectivity index (χ1n) is 36.8. The number of rotatable bonds is 19. The van der Waals surface area contributed by atoms with Gasteiger partial charge in [0, 0.05) is 100.0 Å². The van der Waals surface area contributed by atoms with Crippen LogP contribution in [0.3, 0.4) is 0 Å². The molecule has 24 nitrogen and oxygen atoms in total. The Morgan fingerprint density at radius 2 is 1.08 bits per heavy atom. The van der Waals surface area contributed by atoms with Crippen LogP contribution in [0.5, 0.6) is 17.2 Å². The van der Waals surface area contributed by atoms with Gasteiger partial charge >= 0.3 is 0 Å². The molecule has 6 aliphatic rings. The van der Waals surface area contributed by atoms with Gasteiger partial charge in [0.1, 0.15) is 52.9 Å². The van der Waals surface area contributed by atoms with Crippen molar-refractivity contribution in [2.24, 2.45) is 29.1 Å². The predicted molar refractivity (Wildman–Crippen MR) is 412 cm³/mol. The Balaban J connectivity index is 0.000000143. The van der Waals surface area contributed by atoms with Crippen molar-refractivity contribution in [1.29, 1.82) is 15.8 Å². The summed E-state index contributed by atoms with van der Waals surface area (Å²) in [6.07, 6.45) is 42.0. The normalized spacial score (nSPS) is 20.6. The summed E-state index contributed by atoms with van der Waals surface area (Å²) in [5.74, 6) is 12.6. The lowest BCUT2D eigenvalue weighted by Gasteiger charge is -2.53. The first kappa shape index (κ1) is 73.4. The second-order valence-corrected chi connectivity index (χ2v) is 28.3. The number of terminal acetylenes is 3. The Hall–Kier alpha value is -12.9. The number of aromatic nitrogens is 9. The number of hydrogen-bond acceptors (Lipinski definition) is 18. The van der Waals surface area contributed by atoms with E-state index in [1.165, 1.54) is 0 Å². The molecule has 1 saturated heterocycles. The van der Waals surface area contributed by atoms with E-state index in [0.29, 0.717) is 89.5 Å². The standard InChI is InChI=1S/C31H30N6O2.C27H28N6O2.C26H26N6O2/c1-4-22-8-7-9-25(16-22)35-30(38)31(5-2)12-14-36(15-13-31)28-11-10-23(19-33-28)27-17-26(39-6-3)21-37-29(27)24(18-32)20-34-37;1-4-25(34)32-27(3)12-17-6-8-20(27)10-23(17)31-24-9-7-18(14-29-24)22-11-21(35-5-2)16-33-26(22)19(13-28)15-30-33;1-3-24(33)31-25-16-5-6-17(25)10-20(9-16)30-23-8-7-18(13-28-23)22-11-21(34-4-2)15-32-26(22)19(12-27)14-29-32/h1,7-11,16-17,19-21H,5-6,12-15H2,2-3H3,(H,35,38);1,7,9,11,14-17,20,23H,5-6,8,10,12H2,2-3H3,(H,29,31)(H,32,34);1,7-8,11,13-17,20,25H,4-6,9-10H2,2H3,(H,28,30)(H,31,33). The lowest BCUT2D eigenvalue weighted by molar-refractivity contribution is -0.127. The van der Waals surface area contributed by atoms with Crippen molar-refractivity contribution >= 4 is 57.4 Å². The fourth-order valence-electron chi connectivity index (χ4n) is 16.7. The highest BCUT2D eigenvalue weighted by Crippen LogP contribution is 2.49. The van der Waals surface area contributed by atoms with Crippen LogP contribution in [0.1, 0.15) is 128 Å². The van der Waals surface area contributed by atoms with Crippen LogP contribution in [0, 0.1) is 100 Å². The van der Waals surface area contributed by atoms with E-state index in [4.69, 9.17) is 43.4 Å². The van der Waals surface area contributed by atoms with Crippen molar-refractivity contribution in [2.45, 2.75) is 129 Å². The van der Waals surface area contributed by atoms with Crippen LogP contribution >= 0.6 is 0 Å². The number of nitriles is 3. The minimum absolute atomic E-state index is 0.0365. The Morgan fingerprint density at radius 3 is 1.52 bits per heavy atom. The highest BCUT2D eigenvalue weighted by atomic mass is 16.5. The maximum absolute atomic E-state index is 13.3. The van der Waals surface area contributed by atoms with Crippen LogP contribution in [0.15, 0.2) is 135 Å². The Kier molecular flexibility index (Phi) is 21.9. The molecule has 1 aliphatic heterocycles. The van der Waals surface area contributed by atoms with Gasteiger partial charge in [-0.25, -0.2) is 28.5 Å². The number of carbonyl (C=O) groups excluding carboxylic acids is 3. The van der Waals surface area contributed by atoms with Gasteiger partial charge in [-0.1, -0.05) is 18.9 Å². The zero-order chi connectivity index (χ0) is 75.6. The SMILES string of the molecule is C#CC(=O)NC1(C)CC2CCC1CC2Nc1ccc(-c2cc(OCC)cn3ncc(C#N)c23)cn1.C#CC(=O)NC1C2CCC1CC(Nc1ccc(-c3cc(OCC)cn4ncc(C#N)c34)cn1)C2.C#Cc1cccc(NC(=O)C2(CC)CCN(c3ccc(-c4cc(OCC)cn5ncc(C#N)c45)cn3)CC2)c1. The maximum Gasteiger partial charge on any atom is 0.296 e. The van der Waals surface area contributed by atoms with Crippen LogP contribution in [0.2, 0.25) is 0 Å². The molecular formula is C84H84N18O6. The summed E-state index contributed by atoms with van der Waals surface area (Å²) in [7, 11) is 0. The molecule has 4 bridgehead atoms. The summed E-state index contributed by atoms with van der Waals surface area (Å²) in [5.41, 5.74) is 9.64. The summed E-state index contributed by atoms with van der Waals surface area (Å²) < 4.78 is 22.2. The van der Waals surface area contributed by atoms with Crippen molar-refractivity contribution in [3.05, 3.63) is 157 Å². The largest absolute Gasteiger partial charge is 0.492 e. The van der Waals surface area contributed by atoms with Crippen molar-refractivity contribution in [3.8, 4) is 106 Å². The Bertz CT molecular complexity index is 5250. The van der Waals surface area contributed by atoms with Crippen molar-refractivity contribution in [1.82, 2.24) is 54.4 Å². The molecule has 108 heavy (non-hydrogen) atoms. The van der Waals surface area contributed by atoms with Crippen molar-refractivity contribution in [2.75, 3.05) is 53.8 Å². The molecule has 3 amide bonds. The quantitative estimate of drug-likeness (QED) is 0.0470. The van der Waals surface area contributed by atoms with E-state index in [2.05, 4.69) is 102 Å². The van der Waals surface area contributed by atoms with Crippen LogP contribution in [-0.2, 0) is 14.4 Å². The number of ether oxygens (including phenoxy) is 3. The zero-order valence-electron chi connectivity index (χ0n) is 61.1. The van der Waals surface area contributed by atoms with Gasteiger partial charge in [-0.3, -0.25) is 14.4 Å². The average molecular weight is 1440 g/mol. The molecule has 16 rings (SSSR count). The van der Waals surface area contributed by atoms with Gasteiger partial charge in [-0.05, 0) is 207 Å². The average Bonchev–Trinajstić information content (AvgIpc) is 1.15. The van der Waals surface area contributed by atoms with Crippen LogP contribution in [0.25, 0.3) is 49.9 Å². The van der Waals surface area contributed by atoms with E-state index in [1.807, 2.05) is 118 Å². The molecule has 546 valence electrons. The van der Waals surface area contributed by atoms with Crippen molar-refractivity contribution < 1.29 is 28.6 Å². The second-order valence-electron chi connectivity index (χ2n) is 28.3. The summed E-state index contributed by atoms with van der Waals surface area (Å²) in [6.45, 7) is 13.0. The molecule has 6 unspecified atom stereocenters. The molecule has 1 aromatic carbocycles. The van der Waals surface area contributed by atoms with Crippen LogP contribution in [-0.4, -0.2) is 118 Å². The number of pyridine rings is 6. The minimum atomic E-state index is -0.441. The fraction of sp³-hybridized carbons (Fsp3) is 0.357. The molecule has 5 aliphatic carbocycles. The molecule has 0 spiro atoms. The molecule has 5 N–H and O–H groups in total. The molecule has 9 aromatic heterocycles. The van der Waals surface area contributed by atoms with E-state index in [9.17, 15) is 30.2 Å². The third-order valence-corrected chi connectivity index (χ3v) is 22.1. The Labute approximate surface area is 627 Å². The fourth-order valence-corrected chi connectivity index (χ4v) is 16.7. The molecule has 10 aromatic rings. The van der Waals surface area contributed by atoms with Gasteiger partial charge in [-0.15, -0.1) is 19.3 Å². The van der Waals surface area contributed by atoms with Gasteiger partial charge in [-0.2, -0.15) is 31.1 Å². The monoisotopic (exact) mass is 1440 g/mol. The van der Waals surface area contributed by atoms with Crippen molar-refractivity contribution in [3.63, 3.8) is 0 Å². The molecule has 0 radical (unpaired) electrons. The van der Waals surface area contributed by atoms with Crippen LogP contribution < -0.4 is 45.7 Å². The second kappa shape index (κ2) is 32.2. The van der Waals surface area contributed by atoms with E-state index >= 15 is 0 Å². The van der Waals surface area contributed by atoms with Gasteiger partial charge in [0.15, 0.2) is 0 Å². The lowest BCUT2D eigenvalue weighted by atomic mass is 9.59. The summed E-state index contributed by atoms with van der Waals surface area (Å²) in [5, 5.41) is 58.0. The summed E-state index contributed by atoms with van der Waals surface area (Å²) in [6, 6.07) is 32.6. The van der Waals surface area contributed by atoms with Gasteiger partial charge in [0.2, 0.25) is 5.91 Å². The zero-order valence-corrected chi connectivity index (χ0v) is 61.1. The molecule has 10 heterocycles. The number of nitrogens with zero attached hydrogens (tertiary/aromatic N) is 13. The molecule has 6 atom stereocenters. The minimum Gasteiger partial charge on any atom is -0.492 e. The van der Waals surface area contributed by atoms with Gasteiger partial charge in [0.05, 0.1) is 95.7 Å². The predicted octanol–water partition coefficient (Wildman–Crippen LogP) is 12.4. The third kappa shape index (κ3) is 15.4. The Morgan fingerprint density at radius 1 is 0.583 bits per heavy atom. The molecular weight excluding hydrogens is 1360 g/mol. The van der Waals surface area contributed by atoms with E-state index in [1.54, 1.807) is 50.7 Å². The van der Waals surface area contributed by atoms with Gasteiger partial charge < -0.3 is 45.7 Å². The van der Waals surface area contributed by atoms with E-state index in [0.717, 1.165) is 162 Å². The number of anilines is 4. The first-order valence-corrected chi connectivity index (χ1v) is 36.8. The number of hydrogen-bond donors (Lipinski definition) is 5. The summed E-state index contributed by atoms with van der Waals surface area (Å²) >= 11 is 0. The number of fused-ring (bicyclic) bond motifs is 8. The molecule has 5 saturated carbocycles. The maximum atomic E-state index is 13.3. The van der Waals surface area contributed by atoms with Crippen LogP contribution in [0.4, 0.5) is 23.1 Å². The third-order valence-electron chi connectivity index (χ3n) is 22.1. The van der Waals surface area contributed by atoms with E-state index < -0.39 is 5.41 Å². The number of nitrogens with one attached hydrogen (secondary N) is 5. The first-order chi connectivity index (χ1) is 52.5. The number of amides is 3. The summed E-state index contributed by atoms with van der Waals surface area (Å²) in [4.78, 5) is 53.2. The number of piperidine rings is 1. The molecule has 6 fully saturated rings. The van der Waals surface area contributed by atoms with E-state index in [-0.39, 0.29) is 29.3 Å².